The van der Waals surface area contributed by atoms with Crippen LogP contribution in [0.3, 0.4) is 0 Å². The summed E-state index contributed by atoms with van der Waals surface area (Å²) < 4.78 is 0. The van der Waals surface area contributed by atoms with E-state index in [0.717, 1.165) is 41.3 Å². The lowest BCUT2D eigenvalue weighted by molar-refractivity contribution is 0.888. The number of nitrogens with one attached hydrogen (secondary N) is 2. The Bertz CT molecular complexity index is 738. The molecule has 0 amide bonds. The molecule has 0 aliphatic carbocycles. The summed E-state index contributed by atoms with van der Waals surface area (Å²) in [5, 5.41) is 13.8. The summed E-state index contributed by atoms with van der Waals surface area (Å²) in [5.41, 5.74) is 3.90. The first-order chi connectivity index (χ1) is 10.7. The van der Waals surface area contributed by atoms with Crippen molar-refractivity contribution in [3.05, 3.63) is 47.7 Å². The summed E-state index contributed by atoms with van der Waals surface area (Å²) in [6.07, 6.45) is 5.99. The van der Waals surface area contributed by atoms with E-state index in [9.17, 15) is 0 Å². The second-order valence-corrected chi connectivity index (χ2v) is 4.98. The summed E-state index contributed by atoms with van der Waals surface area (Å²) >= 11 is 0. The van der Waals surface area contributed by atoms with Crippen LogP contribution in [0.4, 0.5) is 5.82 Å². The van der Waals surface area contributed by atoms with Gasteiger partial charge in [-0.1, -0.05) is 0 Å². The molecule has 22 heavy (non-hydrogen) atoms. The van der Waals surface area contributed by atoms with Crippen LogP contribution < -0.4 is 5.32 Å². The Hall–Kier alpha value is -2.83. The van der Waals surface area contributed by atoms with Crippen molar-refractivity contribution >= 4 is 5.82 Å². The average molecular weight is 295 g/mol. The minimum Gasteiger partial charge on any atom is -0.369 e. The van der Waals surface area contributed by atoms with E-state index in [0.29, 0.717) is 5.82 Å². The first-order valence-electron chi connectivity index (χ1n) is 7.08. The summed E-state index contributed by atoms with van der Waals surface area (Å²) in [5.74, 6) is 1.55. The van der Waals surface area contributed by atoms with Gasteiger partial charge in [0.15, 0.2) is 5.82 Å². The van der Waals surface area contributed by atoms with Crippen molar-refractivity contribution in [3.63, 3.8) is 0 Å². The normalized spacial score (nSPS) is 10.6. The van der Waals surface area contributed by atoms with E-state index in [-0.39, 0.29) is 0 Å². The number of rotatable bonds is 5. The van der Waals surface area contributed by atoms with Crippen LogP contribution in [0.25, 0.3) is 11.4 Å². The predicted octanol–water partition coefficient (Wildman–Crippen LogP) is 1.93. The maximum Gasteiger partial charge on any atom is 0.161 e. The molecule has 0 aliphatic rings. The van der Waals surface area contributed by atoms with Crippen LogP contribution in [0.15, 0.2) is 30.7 Å². The minimum atomic E-state index is 0.703. The Morgan fingerprint density at radius 2 is 1.95 bits per heavy atom. The van der Waals surface area contributed by atoms with Crippen molar-refractivity contribution in [1.29, 1.82) is 0 Å². The van der Waals surface area contributed by atoms with Gasteiger partial charge in [0.05, 0.1) is 11.9 Å². The van der Waals surface area contributed by atoms with E-state index in [1.807, 2.05) is 26.0 Å². The van der Waals surface area contributed by atoms with Gasteiger partial charge in [0, 0.05) is 42.2 Å². The summed E-state index contributed by atoms with van der Waals surface area (Å²) in [6, 6.07) is 3.81. The largest absolute Gasteiger partial charge is 0.369 e. The molecule has 2 N–H and O–H groups in total. The number of anilines is 1. The molecule has 0 aromatic carbocycles. The van der Waals surface area contributed by atoms with Crippen LogP contribution in [-0.2, 0) is 6.42 Å². The molecule has 3 rings (SSSR count). The van der Waals surface area contributed by atoms with E-state index in [4.69, 9.17) is 0 Å². The van der Waals surface area contributed by atoms with Gasteiger partial charge in [0.25, 0.3) is 0 Å². The molecule has 7 nitrogen and oxygen atoms in total. The highest BCUT2D eigenvalue weighted by molar-refractivity contribution is 5.59. The van der Waals surface area contributed by atoms with E-state index in [2.05, 4.69) is 35.7 Å². The molecule has 112 valence electrons. The van der Waals surface area contributed by atoms with Gasteiger partial charge < -0.3 is 5.32 Å². The summed E-state index contributed by atoms with van der Waals surface area (Å²) in [7, 11) is 0. The topological polar surface area (TPSA) is 92.3 Å². The van der Waals surface area contributed by atoms with E-state index in [1.54, 1.807) is 18.6 Å². The number of aryl methyl sites for hydroxylation is 1. The van der Waals surface area contributed by atoms with Crippen LogP contribution in [-0.4, -0.2) is 36.9 Å². The lowest BCUT2D eigenvalue weighted by atomic mass is 10.2. The molecule has 0 radical (unpaired) electrons. The monoisotopic (exact) mass is 295 g/mol. The zero-order valence-electron chi connectivity index (χ0n) is 12.5. The fourth-order valence-electron chi connectivity index (χ4n) is 2.09. The smallest absolute Gasteiger partial charge is 0.161 e. The number of aromatic amines is 1. The SMILES string of the molecule is Cc1nc(-c2ccncc2)nc(NCCc2cn[nH]n2)c1C. The Labute approximate surface area is 128 Å². The van der Waals surface area contributed by atoms with Crippen LogP contribution in [0.2, 0.25) is 0 Å². The zero-order valence-corrected chi connectivity index (χ0v) is 12.5. The predicted molar refractivity (Wildman–Crippen MR) is 83.3 cm³/mol. The van der Waals surface area contributed by atoms with Crippen molar-refractivity contribution in [2.75, 3.05) is 11.9 Å². The van der Waals surface area contributed by atoms with Crippen molar-refractivity contribution in [2.24, 2.45) is 0 Å². The number of pyridine rings is 1. The van der Waals surface area contributed by atoms with Crippen molar-refractivity contribution in [3.8, 4) is 11.4 Å². The van der Waals surface area contributed by atoms with Gasteiger partial charge in [-0.3, -0.25) is 4.98 Å². The number of aromatic nitrogens is 6. The lowest BCUT2D eigenvalue weighted by Gasteiger charge is -2.12. The fourth-order valence-corrected chi connectivity index (χ4v) is 2.09. The number of H-pyrrole nitrogens is 1. The molecule has 0 saturated heterocycles. The number of hydrogen-bond donors (Lipinski definition) is 2. The molecule has 0 saturated carbocycles. The highest BCUT2D eigenvalue weighted by Crippen LogP contribution is 2.21. The first kappa shape index (κ1) is 14.1. The second kappa shape index (κ2) is 6.30. The third-order valence-electron chi connectivity index (χ3n) is 3.47. The molecular weight excluding hydrogens is 278 g/mol. The standard InChI is InChI=1S/C15H17N7/c1-10-11(2)19-15(12-3-6-16-7-4-12)20-14(10)17-8-5-13-9-18-22-21-13/h3-4,6-7,9H,5,8H2,1-2H3,(H,17,19,20)(H,18,21,22). The van der Waals surface area contributed by atoms with Crippen LogP contribution >= 0.6 is 0 Å². The Balaban J connectivity index is 1.79. The molecule has 3 heterocycles. The van der Waals surface area contributed by atoms with Gasteiger partial charge in [-0.15, -0.1) is 0 Å². The highest BCUT2D eigenvalue weighted by Gasteiger charge is 2.09. The van der Waals surface area contributed by atoms with Crippen molar-refractivity contribution < 1.29 is 0 Å². The van der Waals surface area contributed by atoms with E-state index >= 15 is 0 Å². The van der Waals surface area contributed by atoms with Gasteiger partial charge in [-0.2, -0.15) is 15.4 Å². The molecular formula is C15H17N7. The summed E-state index contributed by atoms with van der Waals surface area (Å²) in [6.45, 7) is 4.74. The first-order valence-corrected chi connectivity index (χ1v) is 7.08. The Morgan fingerprint density at radius 3 is 2.68 bits per heavy atom. The quantitative estimate of drug-likeness (QED) is 0.747. The summed E-state index contributed by atoms with van der Waals surface area (Å²) in [4.78, 5) is 13.2. The minimum absolute atomic E-state index is 0.703. The molecule has 0 spiro atoms. The second-order valence-electron chi connectivity index (χ2n) is 4.98. The average Bonchev–Trinajstić information content (AvgIpc) is 3.05. The van der Waals surface area contributed by atoms with Crippen LogP contribution in [0.1, 0.15) is 17.0 Å². The fraction of sp³-hybridized carbons (Fsp3) is 0.267. The van der Waals surface area contributed by atoms with Gasteiger partial charge in [-0.05, 0) is 26.0 Å². The molecule has 3 aromatic heterocycles. The molecule has 0 fully saturated rings. The van der Waals surface area contributed by atoms with Gasteiger partial charge in [0.1, 0.15) is 5.82 Å². The van der Waals surface area contributed by atoms with Gasteiger partial charge >= 0.3 is 0 Å². The van der Waals surface area contributed by atoms with Gasteiger partial charge in [-0.25, -0.2) is 9.97 Å². The Morgan fingerprint density at radius 1 is 1.14 bits per heavy atom. The number of hydrogen-bond acceptors (Lipinski definition) is 6. The van der Waals surface area contributed by atoms with Crippen molar-refractivity contribution in [2.45, 2.75) is 20.3 Å². The molecule has 7 heteroatoms. The van der Waals surface area contributed by atoms with E-state index in [1.165, 1.54) is 0 Å². The Kier molecular flexibility index (Phi) is 4.04. The maximum atomic E-state index is 4.63. The zero-order chi connectivity index (χ0) is 15.4. The molecule has 0 aliphatic heterocycles. The van der Waals surface area contributed by atoms with E-state index < -0.39 is 0 Å². The third kappa shape index (κ3) is 3.08. The lowest BCUT2D eigenvalue weighted by Crippen LogP contribution is -2.10. The van der Waals surface area contributed by atoms with Gasteiger partial charge in [0.2, 0.25) is 0 Å². The molecule has 3 aromatic rings. The highest BCUT2D eigenvalue weighted by atomic mass is 15.3. The van der Waals surface area contributed by atoms with Crippen LogP contribution in [0, 0.1) is 13.8 Å². The molecule has 0 atom stereocenters. The molecule has 0 bridgehead atoms. The van der Waals surface area contributed by atoms with Crippen LogP contribution in [0.5, 0.6) is 0 Å². The third-order valence-corrected chi connectivity index (χ3v) is 3.47. The molecule has 0 unspecified atom stereocenters. The van der Waals surface area contributed by atoms with Crippen molar-refractivity contribution in [1.82, 2.24) is 30.4 Å². The number of nitrogens with zero attached hydrogens (tertiary/aromatic N) is 5. The maximum absolute atomic E-state index is 4.63.